The molecule has 1 aliphatic heterocycles. The van der Waals surface area contributed by atoms with E-state index in [9.17, 15) is 0 Å². The zero-order valence-corrected chi connectivity index (χ0v) is 10.4. The molecule has 0 N–H and O–H groups in total. The summed E-state index contributed by atoms with van der Waals surface area (Å²) in [7, 11) is 1.98. The van der Waals surface area contributed by atoms with E-state index in [2.05, 4.69) is 25.1 Å². The minimum absolute atomic E-state index is 0.253. The van der Waals surface area contributed by atoms with Crippen LogP contribution in [0.25, 0.3) is 0 Å². The second kappa shape index (κ2) is 4.72. The predicted molar refractivity (Wildman–Crippen MR) is 67.0 cm³/mol. The molecule has 3 rings (SSSR count). The molecular weight excluding hydrogens is 228 g/mol. The van der Waals surface area contributed by atoms with Gasteiger partial charge in [0.05, 0.1) is 12.2 Å². The van der Waals surface area contributed by atoms with Crippen LogP contribution in [0.5, 0.6) is 0 Å². The Bertz CT molecular complexity index is 508. The lowest BCUT2D eigenvalue weighted by Crippen LogP contribution is -2.35. The van der Waals surface area contributed by atoms with Crippen molar-refractivity contribution in [3.8, 4) is 0 Å². The number of anilines is 1. The Morgan fingerprint density at radius 2 is 2.22 bits per heavy atom. The summed E-state index contributed by atoms with van der Waals surface area (Å²) >= 11 is 0. The third-order valence-corrected chi connectivity index (χ3v) is 3.39. The van der Waals surface area contributed by atoms with Gasteiger partial charge in [0.1, 0.15) is 12.1 Å². The van der Waals surface area contributed by atoms with E-state index in [1.54, 1.807) is 18.7 Å². The second-order valence-corrected chi connectivity index (χ2v) is 4.57. The van der Waals surface area contributed by atoms with Crippen LogP contribution in [0.3, 0.4) is 0 Å². The molecule has 0 saturated carbocycles. The van der Waals surface area contributed by atoms with Gasteiger partial charge in [0.2, 0.25) is 0 Å². The second-order valence-electron chi connectivity index (χ2n) is 4.57. The Morgan fingerprint density at radius 3 is 2.94 bits per heavy atom. The maximum atomic E-state index is 4.40. The molecule has 0 amide bonds. The minimum Gasteiger partial charge on any atom is -0.345 e. The summed E-state index contributed by atoms with van der Waals surface area (Å²) in [4.78, 5) is 10.8. The summed E-state index contributed by atoms with van der Waals surface area (Å²) in [5.74, 6) is 1.92. The van der Waals surface area contributed by atoms with Gasteiger partial charge in [-0.1, -0.05) is 0 Å². The van der Waals surface area contributed by atoms with Crippen molar-refractivity contribution in [3.63, 3.8) is 0 Å². The molecule has 0 aliphatic carbocycles. The van der Waals surface area contributed by atoms with Gasteiger partial charge in [-0.05, 0) is 19.3 Å². The first-order valence-corrected chi connectivity index (χ1v) is 6.23. The molecule has 3 heterocycles. The van der Waals surface area contributed by atoms with Gasteiger partial charge in [-0.15, -0.1) is 10.2 Å². The number of aromatic nitrogens is 5. The van der Waals surface area contributed by atoms with Crippen molar-refractivity contribution in [2.24, 2.45) is 7.05 Å². The molecule has 2 aromatic heterocycles. The normalized spacial score (nSPS) is 20.1. The van der Waals surface area contributed by atoms with Crippen molar-refractivity contribution in [2.45, 2.75) is 25.3 Å². The van der Waals surface area contributed by atoms with Crippen molar-refractivity contribution in [1.29, 1.82) is 0 Å². The molecule has 1 fully saturated rings. The first kappa shape index (κ1) is 11.1. The number of rotatable bonds is 2. The van der Waals surface area contributed by atoms with E-state index in [1.807, 2.05) is 17.8 Å². The third-order valence-electron chi connectivity index (χ3n) is 3.39. The average molecular weight is 244 g/mol. The van der Waals surface area contributed by atoms with Gasteiger partial charge >= 0.3 is 0 Å². The fraction of sp³-hybridized carbons (Fsp3) is 0.500. The number of nitrogens with zero attached hydrogens (tertiary/aromatic N) is 6. The molecule has 0 unspecified atom stereocenters. The lowest BCUT2D eigenvalue weighted by atomic mass is 10.0. The van der Waals surface area contributed by atoms with Gasteiger partial charge in [0.25, 0.3) is 0 Å². The van der Waals surface area contributed by atoms with E-state index < -0.39 is 0 Å². The highest BCUT2D eigenvalue weighted by atomic mass is 15.3. The first-order valence-electron chi connectivity index (χ1n) is 6.23. The van der Waals surface area contributed by atoms with Crippen molar-refractivity contribution in [1.82, 2.24) is 24.7 Å². The predicted octanol–water partition coefficient (Wildman–Crippen LogP) is 1.34. The number of hydrogen-bond donors (Lipinski definition) is 0. The molecule has 0 spiro atoms. The highest BCUT2D eigenvalue weighted by Crippen LogP contribution is 2.32. The molecule has 0 radical (unpaired) electrons. The first-order chi connectivity index (χ1) is 8.86. The summed E-state index contributed by atoms with van der Waals surface area (Å²) in [6.07, 6.45) is 10.5. The number of aryl methyl sites for hydroxylation is 1. The van der Waals surface area contributed by atoms with E-state index in [0.717, 1.165) is 24.6 Å². The number of piperidine rings is 1. The van der Waals surface area contributed by atoms with Gasteiger partial charge in [0, 0.05) is 26.0 Å². The lowest BCUT2D eigenvalue weighted by molar-refractivity contribution is 0.443. The molecular formula is C12H16N6. The average Bonchev–Trinajstić information content (AvgIpc) is 2.86. The lowest BCUT2D eigenvalue weighted by Gasteiger charge is -2.35. The summed E-state index contributed by atoms with van der Waals surface area (Å²) < 4.78 is 1.99. The summed E-state index contributed by atoms with van der Waals surface area (Å²) in [5, 5.41) is 8.21. The van der Waals surface area contributed by atoms with Crippen LogP contribution in [0.15, 0.2) is 24.9 Å². The molecule has 2 aromatic rings. The third kappa shape index (κ3) is 1.94. The van der Waals surface area contributed by atoms with E-state index in [0.29, 0.717) is 0 Å². The molecule has 6 heteroatoms. The monoisotopic (exact) mass is 244 g/mol. The highest BCUT2D eigenvalue weighted by molar-refractivity contribution is 5.38. The van der Waals surface area contributed by atoms with Crippen LogP contribution in [-0.2, 0) is 7.05 Å². The zero-order valence-electron chi connectivity index (χ0n) is 10.4. The van der Waals surface area contributed by atoms with Crippen molar-refractivity contribution >= 4 is 5.82 Å². The van der Waals surface area contributed by atoms with E-state index in [4.69, 9.17) is 0 Å². The fourth-order valence-electron chi connectivity index (χ4n) is 2.51. The summed E-state index contributed by atoms with van der Waals surface area (Å²) in [5.41, 5.74) is 0. The van der Waals surface area contributed by atoms with Crippen LogP contribution in [-0.4, -0.2) is 31.3 Å². The van der Waals surface area contributed by atoms with Gasteiger partial charge < -0.3 is 9.47 Å². The van der Waals surface area contributed by atoms with E-state index in [-0.39, 0.29) is 6.04 Å². The van der Waals surface area contributed by atoms with Gasteiger partial charge in [-0.2, -0.15) is 0 Å². The quantitative estimate of drug-likeness (QED) is 0.797. The van der Waals surface area contributed by atoms with Crippen LogP contribution in [0.2, 0.25) is 0 Å². The molecule has 0 aromatic carbocycles. The topological polar surface area (TPSA) is 59.7 Å². The van der Waals surface area contributed by atoms with Crippen LogP contribution >= 0.6 is 0 Å². The maximum Gasteiger partial charge on any atom is 0.155 e. The maximum absolute atomic E-state index is 4.40. The molecule has 18 heavy (non-hydrogen) atoms. The Labute approximate surface area is 106 Å². The standard InChI is InChI=1S/C12H16N6/c1-17-9-15-16-12(17)10-4-2-3-7-18(10)11-8-13-5-6-14-11/h5-6,8-10H,2-4,7H2,1H3/t10-/m1/s1. The summed E-state index contributed by atoms with van der Waals surface area (Å²) in [6, 6.07) is 0.253. The molecule has 94 valence electrons. The van der Waals surface area contributed by atoms with Crippen molar-refractivity contribution in [2.75, 3.05) is 11.4 Å². The Morgan fingerprint density at radius 1 is 1.28 bits per heavy atom. The van der Waals surface area contributed by atoms with Gasteiger partial charge in [0.15, 0.2) is 5.82 Å². The Balaban J connectivity index is 1.94. The zero-order chi connectivity index (χ0) is 12.4. The number of hydrogen-bond acceptors (Lipinski definition) is 5. The van der Waals surface area contributed by atoms with Gasteiger partial charge in [-0.3, -0.25) is 4.98 Å². The molecule has 6 nitrogen and oxygen atoms in total. The fourth-order valence-corrected chi connectivity index (χ4v) is 2.51. The van der Waals surface area contributed by atoms with Crippen LogP contribution < -0.4 is 4.90 Å². The van der Waals surface area contributed by atoms with Crippen LogP contribution in [0.4, 0.5) is 5.82 Å². The van der Waals surface area contributed by atoms with Crippen LogP contribution in [0.1, 0.15) is 31.1 Å². The molecule has 0 bridgehead atoms. The summed E-state index contributed by atoms with van der Waals surface area (Å²) in [6.45, 7) is 0.996. The van der Waals surface area contributed by atoms with Gasteiger partial charge in [-0.25, -0.2) is 4.98 Å². The SMILES string of the molecule is Cn1cnnc1[C@H]1CCCCN1c1cnccn1. The highest BCUT2D eigenvalue weighted by Gasteiger charge is 2.28. The molecule has 1 aliphatic rings. The van der Waals surface area contributed by atoms with E-state index in [1.165, 1.54) is 12.8 Å². The van der Waals surface area contributed by atoms with Crippen molar-refractivity contribution in [3.05, 3.63) is 30.7 Å². The largest absolute Gasteiger partial charge is 0.345 e. The molecule has 1 atom stereocenters. The Hall–Kier alpha value is -1.98. The minimum atomic E-state index is 0.253. The Kier molecular flexibility index (Phi) is 2.92. The molecule has 1 saturated heterocycles. The smallest absolute Gasteiger partial charge is 0.155 e. The van der Waals surface area contributed by atoms with E-state index >= 15 is 0 Å². The van der Waals surface area contributed by atoms with Crippen molar-refractivity contribution < 1.29 is 0 Å². The van der Waals surface area contributed by atoms with Crippen LogP contribution in [0, 0.1) is 0 Å².